The second kappa shape index (κ2) is 3.35. The molecule has 1 heteroatoms. The highest BCUT2D eigenvalue weighted by Crippen LogP contribution is 2.50. The predicted molar refractivity (Wildman–Crippen MR) is 68.1 cm³/mol. The van der Waals surface area contributed by atoms with Crippen LogP contribution in [0.1, 0.15) is 54.4 Å². The molecular weight excluding hydrogens is 182 g/mol. The van der Waals surface area contributed by atoms with Gasteiger partial charge in [0.25, 0.3) is 0 Å². The van der Waals surface area contributed by atoms with Crippen molar-refractivity contribution in [2.45, 2.75) is 65.5 Å². The Kier molecular flexibility index (Phi) is 2.85. The summed E-state index contributed by atoms with van der Waals surface area (Å²) in [6, 6.07) is 0. The van der Waals surface area contributed by atoms with Crippen LogP contribution in [0.4, 0.5) is 0 Å². The van der Waals surface area contributed by atoms with Gasteiger partial charge in [-0.3, -0.25) is 4.90 Å². The maximum absolute atomic E-state index is 4.19. The summed E-state index contributed by atoms with van der Waals surface area (Å²) >= 11 is 0. The lowest BCUT2D eigenvalue weighted by Gasteiger charge is -2.58. The van der Waals surface area contributed by atoms with Crippen molar-refractivity contribution in [1.82, 2.24) is 4.90 Å². The van der Waals surface area contributed by atoms with Gasteiger partial charge in [0.1, 0.15) is 0 Å². The highest BCUT2D eigenvalue weighted by Gasteiger charge is 2.48. The SMILES string of the molecule is C=C(C)C1(C)CC(C)(C)N(C)C(C)(C)C1. The first-order chi connectivity index (χ1) is 6.51. The molecule has 0 bridgehead atoms. The minimum atomic E-state index is 0.259. The standard InChI is InChI=1S/C14H27N/c1-11(2)14(7)9-12(3,4)15(8)13(5,6)10-14/h1,9-10H2,2-8H3. The normalized spacial score (nSPS) is 28.7. The van der Waals surface area contributed by atoms with E-state index in [-0.39, 0.29) is 11.1 Å². The van der Waals surface area contributed by atoms with Gasteiger partial charge in [-0.15, -0.1) is 0 Å². The molecule has 0 amide bonds. The van der Waals surface area contributed by atoms with E-state index in [1.54, 1.807) is 0 Å². The molecule has 1 nitrogen and oxygen atoms in total. The molecule has 1 heterocycles. The number of hydrogen-bond donors (Lipinski definition) is 0. The van der Waals surface area contributed by atoms with E-state index in [1.165, 1.54) is 18.4 Å². The van der Waals surface area contributed by atoms with E-state index in [4.69, 9.17) is 0 Å². The topological polar surface area (TPSA) is 3.24 Å². The van der Waals surface area contributed by atoms with Crippen LogP contribution in [0.25, 0.3) is 0 Å². The Morgan fingerprint density at radius 3 is 1.60 bits per heavy atom. The fourth-order valence-electron chi connectivity index (χ4n) is 3.33. The van der Waals surface area contributed by atoms with Gasteiger partial charge in [-0.25, -0.2) is 0 Å². The van der Waals surface area contributed by atoms with E-state index in [1.807, 2.05) is 0 Å². The van der Waals surface area contributed by atoms with Crippen molar-refractivity contribution < 1.29 is 0 Å². The van der Waals surface area contributed by atoms with Gasteiger partial charge in [0, 0.05) is 11.1 Å². The number of piperidine rings is 1. The number of rotatable bonds is 1. The van der Waals surface area contributed by atoms with Crippen LogP contribution in [0.2, 0.25) is 0 Å². The van der Waals surface area contributed by atoms with Gasteiger partial charge in [-0.05, 0) is 59.9 Å². The van der Waals surface area contributed by atoms with E-state index in [0.29, 0.717) is 5.41 Å². The molecule has 0 aromatic carbocycles. The Hall–Kier alpha value is -0.300. The molecule has 0 radical (unpaired) electrons. The van der Waals surface area contributed by atoms with E-state index in [0.717, 1.165) is 0 Å². The van der Waals surface area contributed by atoms with E-state index in [9.17, 15) is 0 Å². The first kappa shape index (κ1) is 12.8. The van der Waals surface area contributed by atoms with Gasteiger partial charge in [0.15, 0.2) is 0 Å². The van der Waals surface area contributed by atoms with Gasteiger partial charge in [-0.1, -0.05) is 19.1 Å². The summed E-state index contributed by atoms with van der Waals surface area (Å²) < 4.78 is 0. The van der Waals surface area contributed by atoms with Crippen molar-refractivity contribution in [3.8, 4) is 0 Å². The number of likely N-dealkylation sites (tertiary alicyclic amines) is 1. The second-order valence-electron chi connectivity index (χ2n) is 6.88. The third-order valence-corrected chi connectivity index (χ3v) is 4.49. The first-order valence-corrected chi connectivity index (χ1v) is 5.91. The quantitative estimate of drug-likeness (QED) is 0.593. The van der Waals surface area contributed by atoms with E-state index >= 15 is 0 Å². The molecule has 0 aromatic heterocycles. The third-order valence-electron chi connectivity index (χ3n) is 4.49. The van der Waals surface area contributed by atoms with Crippen molar-refractivity contribution in [3.63, 3.8) is 0 Å². The predicted octanol–water partition coefficient (Wildman–Crippen LogP) is 3.85. The lowest BCUT2D eigenvalue weighted by Crippen LogP contribution is -2.61. The Balaban J connectivity index is 3.09. The highest BCUT2D eigenvalue weighted by molar-refractivity contribution is 5.15. The summed E-state index contributed by atoms with van der Waals surface area (Å²) in [5, 5.41) is 0. The van der Waals surface area contributed by atoms with E-state index < -0.39 is 0 Å². The van der Waals surface area contributed by atoms with Gasteiger partial charge in [-0.2, -0.15) is 0 Å². The molecule has 1 fully saturated rings. The van der Waals surface area contributed by atoms with Crippen molar-refractivity contribution in [1.29, 1.82) is 0 Å². The summed E-state index contributed by atoms with van der Waals surface area (Å²) in [4.78, 5) is 2.52. The van der Waals surface area contributed by atoms with Crippen LogP contribution in [0, 0.1) is 5.41 Å². The fraction of sp³-hybridized carbons (Fsp3) is 0.857. The molecule has 0 saturated carbocycles. The maximum atomic E-state index is 4.19. The molecule has 1 saturated heterocycles. The van der Waals surface area contributed by atoms with Gasteiger partial charge < -0.3 is 0 Å². The Labute approximate surface area is 95.5 Å². The molecule has 88 valence electrons. The molecule has 0 atom stereocenters. The number of hydrogen-bond acceptors (Lipinski definition) is 1. The van der Waals surface area contributed by atoms with Crippen LogP contribution in [0.3, 0.4) is 0 Å². The molecule has 1 aliphatic rings. The second-order valence-corrected chi connectivity index (χ2v) is 6.88. The van der Waals surface area contributed by atoms with Crippen LogP contribution in [-0.4, -0.2) is 23.0 Å². The molecule has 1 aliphatic heterocycles. The Morgan fingerprint density at radius 2 is 1.33 bits per heavy atom. The smallest absolute Gasteiger partial charge is 0.0163 e. The summed E-state index contributed by atoms with van der Waals surface area (Å²) in [5.74, 6) is 0. The van der Waals surface area contributed by atoms with Crippen molar-refractivity contribution in [3.05, 3.63) is 12.2 Å². The molecular formula is C14H27N. The van der Waals surface area contributed by atoms with Crippen LogP contribution in [0.5, 0.6) is 0 Å². The molecule has 15 heavy (non-hydrogen) atoms. The van der Waals surface area contributed by atoms with Crippen LogP contribution < -0.4 is 0 Å². The summed E-state index contributed by atoms with van der Waals surface area (Å²) in [7, 11) is 2.25. The van der Waals surface area contributed by atoms with Crippen LogP contribution in [-0.2, 0) is 0 Å². The van der Waals surface area contributed by atoms with Crippen molar-refractivity contribution in [2.75, 3.05) is 7.05 Å². The largest absolute Gasteiger partial charge is 0.296 e. The third kappa shape index (κ3) is 2.13. The molecule has 0 unspecified atom stereocenters. The molecule has 0 aliphatic carbocycles. The Morgan fingerprint density at radius 1 is 1.00 bits per heavy atom. The average molecular weight is 209 g/mol. The minimum absolute atomic E-state index is 0.259. The summed E-state index contributed by atoms with van der Waals surface area (Å²) in [6.45, 7) is 18.1. The monoisotopic (exact) mass is 209 g/mol. The molecule has 1 rings (SSSR count). The van der Waals surface area contributed by atoms with Crippen molar-refractivity contribution in [2.24, 2.45) is 5.41 Å². The van der Waals surface area contributed by atoms with Crippen LogP contribution >= 0.6 is 0 Å². The summed E-state index contributed by atoms with van der Waals surface area (Å²) in [5.41, 5.74) is 2.14. The average Bonchev–Trinajstić information content (AvgIpc) is 1.98. The number of nitrogens with zero attached hydrogens (tertiary/aromatic N) is 1. The van der Waals surface area contributed by atoms with Gasteiger partial charge in [0.05, 0.1) is 0 Å². The fourth-order valence-corrected chi connectivity index (χ4v) is 3.33. The zero-order chi connectivity index (χ0) is 12.1. The zero-order valence-corrected chi connectivity index (χ0v) is 11.6. The van der Waals surface area contributed by atoms with Crippen LogP contribution in [0.15, 0.2) is 12.2 Å². The zero-order valence-electron chi connectivity index (χ0n) is 11.6. The van der Waals surface area contributed by atoms with Gasteiger partial charge in [0.2, 0.25) is 0 Å². The highest BCUT2D eigenvalue weighted by atomic mass is 15.2. The van der Waals surface area contributed by atoms with E-state index in [2.05, 4.69) is 60.1 Å². The van der Waals surface area contributed by atoms with Gasteiger partial charge >= 0.3 is 0 Å². The lowest BCUT2D eigenvalue weighted by atomic mass is 9.63. The lowest BCUT2D eigenvalue weighted by molar-refractivity contribution is -0.0524. The molecule has 0 spiro atoms. The summed E-state index contributed by atoms with van der Waals surface area (Å²) in [6.07, 6.45) is 2.41. The minimum Gasteiger partial charge on any atom is -0.296 e. The number of allylic oxidation sites excluding steroid dienone is 1. The maximum Gasteiger partial charge on any atom is 0.0163 e. The molecule has 0 N–H and O–H groups in total. The Bertz CT molecular complexity index is 255. The molecule has 0 aromatic rings. The first-order valence-electron chi connectivity index (χ1n) is 5.91. The van der Waals surface area contributed by atoms with Crippen molar-refractivity contribution >= 4 is 0 Å².